The van der Waals surface area contributed by atoms with Crippen molar-refractivity contribution in [2.24, 2.45) is 0 Å². The molecule has 1 fully saturated rings. The van der Waals surface area contributed by atoms with E-state index in [1.807, 2.05) is 12.1 Å². The van der Waals surface area contributed by atoms with Gasteiger partial charge >= 0.3 is 0 Å². The zero-order chi connectivity index (χ0) is 9.80. The summed E-state index contributed by atoms with van der Waals surface area (Å²) in [7, 11) is 0. The van der Waals surface area contributed by atoms with Gasteiger partial charge < -0.3 is 10.4 Å². The van der Waals surface area contributed by atoms with E-state index in [1.165, 1.54) is 31.2 Å². The third-order valence-corrected chi connectivity index (χ3v) is 2.89. The number of aromatic hydroxyl groups is 1. The molecule has 2 N–H and O–H groups in total. The van der Waals surface area contributed by atoms with E-state index in [1.54, 1.807) is 12.1 Å². The van der Waals surface area contributed by atoms with E-state index in [4.69, 9.17) is 5.11 Å². The van der Waals surface area contributed by atoms with Gasteiger partial charge in [-0.15, -0.1) is 12.4 Å². The zero-order valence-corrected chi connectivity index (χ0v) is 9.59. The van der Waals surface area contributed by atoms with E-state index in [9.17, 15) is 0 Å². The minimum absolute atomic E-state index is 0. The molecule has 0 radical (unpaired) electrons. The van der Waals surface area contributed by atoms with Gasteiger partial charge in [0.15, 0.2) is 0 Å². The topological polar surface area (TPSA) is 32.3 Å². The maximum Gasteiger partial charge on any atom is 0.115 e. The van der Waals surface area contributed by atoms with Crippen LogP contribution in [0, 0.1) is 0 Å². The average Bonchev–Trinajstić information content (AvgIpc) is 2.70. The Balaban J connectivity index is 0.00000112. The summed E-state index contributed by atoms with van der Waals surface area (Å²) in [5.41, 5.74) is 1.25. The van der Waals surface area contributed by atoms with Crippen LogP contribution in [0.2, 0.25) is 0 Å². The van der Waals surface area contributed by atoms with Crippen LogP contribution in [0.4, 0.5) is 0 Å². The molecule has 0 spiro atoms. The molecular formula is C12H18ClNO. The van der Waals surface area contributed by atoms with Crippen molar-refractivity contribution in [2.75, 3.05) is 0 Å². The SMILES string of the molecule is Cl.Oc1ccc(CNC2CCCC2)cc1. The molecule has 0 aliphatic heterocycles. The number of phenolic OH excluding ortho intramolecular Hbond substituents is 1. The maximum absolute atomic E-state index is 9.12. The van der Waals surface area contributed by atoms with Crippen molar-refractivity contribution in [1.29, 1.82) is 0 Å². The highest BCUT2D eigenvalue weighted by molar-refractivity contribution is 5.85. The van der Waals surface area contributed by atoms with E-state index >= 15 is 0 Å². The Morgan fingerprint density at radius 3 is 2.33 bits per heavy atom. The normalized spacial score (nSPS) is 16.3. The monoisotopic (exact) mass is 227 g/mol. The van der Waals surface area contributed by atoms with Gasteiger partial charge in [0.25, 0.3) is 0 Å². The lowest BCUT2D eigenvalue weighted by atomic mass is 10.2. The van der Waals surface area contributed by atoms with Crippen LogP contribution in [0.5, 0.6) is 5.75 Å². The number of phenols is 1. The number of halogens is 1. The Morgan fingerprint density at radius 1 is 1.13 bits per heavy atom. The number of hydrogen-bond donors (Lipinski definition) is 2. The zero-order valence-electron chi connectivity index (χ0n) is 8.78. The molecule has 1 aromatic carbocycles. The molecule has 0 aromatic heterocycles. The predicted octanol–water partition coefficient (Wildman–Crippen LogP) is 2.85. The van der Waals surface area contributed by atoms with Crippen molar-refractivity contribution in [3.63, 3.8) is 0 Å². The number of nitrogens with one attached hydrogen (secondary N) is 1. The molecule has 0 unspecified atom stereocenters. The molecule has 3 heteroatoms. The highest BCUT2D eigenvalue weighted by Crippen LogP contribution is 2.18. The molecule has 0 atom stereocenters. The molecule has 0 bridgehead atoms. The first kappa shape index (κ1) is 12.3. The summed E-state index contributed by atoms with van der Waals surface area (Å²) in [6.45, 7) is 0.922. The van der Waals surface area contributed by atoms with Gasteiger partial charge in [-0.05, 0) is 30.5 Å². The van der Waals surface area contributed by atoms with Crippen LogP contribution >= 0.6 is 12.4 Å². The van der Waals surface area contributed by atoms with Crippen LogP contribution < -0.4 is 5.32 Å². The molecule has 0 saturated heterocycles. The molecule has 1 saturated carbocycles. The van der Waals surface area contributed by atoms with Gasteiger partial charge in [-0.2, -0.15) is 0 Å². The standard InChI is InChI=1S/C12H17NO.ClH/c14-12-7-5-10(6-8-12)9-13-11-3-1-2-4-11;/h5-8,11,13-14H,1-4,9H2;1H. The highest BCUT2D eigenvalue weighted by Gasteiger charge is 2.13. The maximum atomic E-state index is 9.12. The van der Waals surface area contributed by atoms with E-state index in [-0.39, 0.29) is 12.4 Å². The summed E-state index contributed by atoms with van der Waals surface area (Å²) < 4.78 is 0. The van der Waals surface area contributed by atoms with Crippen LogP contribution in [0.1, 0.15) is 31.2 Å². The van der Waals surface area contributed by atoms with Crippen LogP contribution in [-0.2, 0) is 6.54 Å². The fourth-order valence-electron chi connectivity index (χ4n) is 2.01. The smallest absolute Gasteiger partial charge is 0.115 e. The van der Waals surface area contributed by atoms with E-state index in [2.05, 4.69) is 5.32 Å². The molecule has 1 aliphatic carbocycles. The van der Waals surface area contributed by atoms with Crippen molar-refractivity contribution in [1.82, 2.24) is 5.32 Å². The fourth-order valence-corrected chi connectivity index (χ4v) is 2.01. The van der Waals surface area contributed by atoms with Gasteiger partial charge in [-0.1, -0.05) is 25.0 Å². The summed E-state index contributed by atoms with van der Waals surface area (Å²) >= 11 is 0. The Morgan fingerprint density at radius 2 is 1.73 bits per heavy atom. The molecule has 84 valence electrons. The van der Waals surface area contributed by atoms with E-state index in [0.717, 1.165) is 6.54 Å². The lowest BCUT2D eigenvalue weighted by Gasteiger charge is -2.11. The first-order valence-electron chi connectivity index (χ1n) is 5.36. The summed E-state index contributed by atoms with van der Waals surface area (Å²) in [5, 5.41) is 12.7. The second-order valence-electron chi connectivity index (χ2n) is 4.03. The molecule has 15 heavy (non-hydrogen) atoms. The molecular weight excluding hydrogens is 210 g/mol. The Bertz CT molecular complexity index is 280. The van der Waals surface area contributed by atoms with Crippen molar-refractivity contribution in [2.45, 2.75) is 38.3 Å². The van der Waals surface area contributed by atoms with Gasteiger partial charge in [-0.25, -0.2) is 0 Å². The second-order valence-corrected chi connectivity index (χ2v) is 4.03. The van der Waals surface area contributed by atoms with Crippen LogP contribution in [0.15, 0.2) is 24.3 Å². The Labute approximate surface area is 97.1 Å². The molecule has 1 aliphatic rings. The number of hydrogen-bond acceptors (Lipinski definition) is 2. The van der Waals surface area contributed by atoms with Crippen molar-refractivity contribution < 1.29 is 5.11 Å². The molecule has 0 heterocycles. The average molecular weight is 228 g/mol. The summed E-state index contributed by atoms with van der Waals surface area (Å²) in [4.78, 5) is 0. The molecule has 0 amide bonds. The van der Waals surface area contributed by atoms with E-state index in [0.29, 0.717) is 11.8 Å². The predicted molar refractivity (Wildman–Crippen MR) is 64.5 cm³/mol. The number of benzene rings is 1. The van der Waals surface area contributed by atoms with E-state index < -0.39 is 0 Å². The summed E-state index contributed by atoms with van der Waals surface area (Å²) in [6, 6.07) is 8.13. The lowest BCUT2D eigenvalue weighted by Crippen LogP contribution is -2.25. The van der Waals surface area contributed by atoms with Crippen molar-refractivity contribution in [3.05, 3.63) is 29.8 Å². The number of rotatable bonds is 3. The van der Waals surface area contributed by atoms with Crippen LogP contribution in [0.3, 0.4) is 0 Å². The van der Waals surface area contributed by atoms with Gasteiger partial charge in [0.05, 0.1) is 0 Å². The lowest BCUT2D eigenvalue weighted by molar-refractivity contribution is 0.474. The molecule has 2 nitrogen and oxygen atoms in total. The fraction of sp³-hybridized carbons (Fsp3) is 0.500. The van der Waals surface area contributed by atoms with Gasteiger partial charge in [-0.3, -0.25) is 0 Å². The van der Waals surface area contributed by atoms with Crippen LogP contribution in [0.25, 0.3) is 0 Å². The highest BCUT2D eigenvalue weighted by atomic mass is 35.5. The Hall–Kier alpha value is -0.730. The summed E-state index contributed by atoms with van der Waals surface area (Å²) in [6.07, 6.45) is 5.37. The van der Waals surface area contributed by atoms with Crippen LogP contribution in [-0.4, -0.2) is 11.1 Å². The quantitative estimate of drug-likeness (QED) is 0.833. The third-order valence-electron chi connectivity index (χ3n) is 2.89. The molecule has 1 aromatic rings. The van der Waals surface area contributed by atoms with Crippen molar-refractivity contribution >= 4 is 12.4 Å². The first-order valence-corrected chi connectivity index (χ1v) is 5.36. The Kier molecular flexibility index (Phi) is 4.92. The summed E-state index contributed by atoms with van der Waals surface area (Å²) in [5.74, 6) is 0.342. The minimum atomic E-state index is 0. The largest absolute Gasteiger partial charge is 0.508 e. The van der Waals surface area contributed by atoms with Gasteiger partial charge in [0.1, 0.15) is 5.75 Å². The second kappa shape index (κ2) is 5.99. The first-order chi connectivity index (χ1) is 6.84. The molecule has 2 rings (SSSR count). The van der Waals surface area contributed by atoms with Gasteiger partial charge in [0.2, 0.25) is 0 Å². The third kappa shape index (κ3) is 3.73. The van der Waals surface area contributed by atoms with Crippen molar-refractivity contribution in [3.8, 4) is 5.75 Å². The minimum Gasteiger partial charge on any atom is -0.508 e. The van der Waals surface area contributed by atoms with Gasteiger partial charge in [0, 0.05) is 12.6 Å².